The van der Waals surface area contributed by atoms with Crippen LogP contribution in [0, 0.1) is 47.3 Å². The summed E-state index contributed by atoms with van der Waals surface area (Å²) >= 11 is 3.32. The number of ether oxygens (including phenoxy) is 1. The Labute approximate surface area is 251 Å². The van der Waals surface area contributed by atoms with Crippen LogP contribution in [0.3, 0.4) is 0 Å². The van der Waals surface area contributed by atoms with Gasteiger partial charge in [0, 0.05) is 16.6 Å². The first-order chi connectivity index (χ1) is 20.2. The fourth-order valence-corrected chi connectivity index (χ4v) is 8.59. The number of nitrogens with zero attached hydrogens (tertiary/aromatic N) is 2. The zero-order valence-corrected chi connectivity index (χ0v) is 24.5. The minimum absolute atomic E-state index is 0.00599. The summed E-state index contributed by atoms with van der Waals surface area (Å²) < 4.78 is 6.22. The van der Waals surface area contributed by atoms with E-state index >= 15 is 0 Å². The monoisotopic (exact) mass is 634 g/mol. The van der Waals surface area contributed by atoms with Crippen molar-refractivity contribution in [3.63, 3.8) is 0 Å². The summed E-state index contributed by atoms with van der Waals surface area (Å²) in [6, 6.07) is 5.49. The highest BCUT2D eigenvalue weighted by molar-refractivity contribution is 9.10. The molecule has 10 heteroatoms. The number of amides is 4. The maximum absolute atomic E-state index is 13.5. The molecule has 9 nitrogen and oxygen atoms in total. The molecule has 7 rings (SSSR count). The van der Waals surface area contributed by atoms with E-state index in [0.29, 0.717) is 18.4 Å². The van der Waals surface area contributed by atoms with E-state index in [1.807, 2.05) is 12.2 Å². The highest BCUT2D eigenvalue weighted by atomic mass is 79.9. The number of fused-ring (bicyclic) bond motifs is 10. The summed E-state index contributed by atoms with van der Waals surface area (Å²) in [6.07, 6.45) is 10.7. The molecule has 42 heavy (non-hydrogen) atoms. The third-order valence-electron chi connectivity index (χ3n) is 10.3. The van der Waals surface area contributed by atoms with Crippen molar-refractivity contribution in [2.24, 2.45) is 47.3 Å². The first-order valence-electron chi connectivity index (χ1n) is 14.8. The van der Waals surface area contributed by atoms with E-state index in [0.717, 1.165) is 22.2 Å². The Kier molecular flexibility index (Phi) is 6.79. The van der Waals surface area contributed by atoms with E-state index in [4.69, 9.17) is 4.74 Å². The molecule has 4 aliphatic carbocycles. The second-order valence-electron chi connectivity index (χ2n) is 12.4. The molecule has 2 heterocycles. The molecule has 9 atom stereocenters. The molecule has 4 bridgehead atoms. The van der Waals surface area contributed by atoms with Gasteiger partial charge in [0.15, 0.2) is 12.4 Å². The average Bonchev–Trinajstić information content (AvgIpc) is 3.83. The number of hydrogen-bond donors (Lipinski definition) is 0. The van der Waals surface area contributed by atoms with E-state index in [1.54, 1.807) is 24.3 Å². The van der Waals surface area contributed by atoms with Crippen LogP contribution in [-0.2, 0) is 28.7 Å². The fraction of sp³-hybridized carbons (Fsp3) is 0.500. The molecule has 4 fully saturated rings. The van der Waals surface area contributed by atoms with E-state index in [-0.39, 0.29) is 72.1 Å². The van der Waals surface area contributed by atoms with E-state index in [1.165, 1.54) is 4.90 Å². The predicted octanol–water partition coefficient (Wildman–Crippen LogP) is 3.33. The molecule has 4 amide bonds. The molecule has 9 unspecified atom stereocenters. The number of rotatable bonds is 10. The normalized spacial score (nSPS) is 34.1. The second-order valence-corrected chi connectivity index (χ2v) is 13.3. The minimum Gasteiger partial charge on any atom is -0.456 e. The van der Waals surface area contributed by atoms with Crippen LogP contribution in [0.2, 0.25) is 0 Å². The Morgan fingerprint density at radius 3 is 1.79 bits per heavy atom. The van der Waals surface area contributed by atoms with Gasteiger partial charge in [-0.25, -0.2) is 4.79 Å². The summed E-state index contributed by atoms with van der Waals surface area (Å²) in [7, 11) is 0. The Bertz CT molecular complexity index is 1390. The summed E-state index contributed by atoms with van der Waals surface area (Å²) in [6.45, 7) is -0.280. The van der Waals surface area contributed by atoms with Gasteiger partial charge < -0.3 is 4.74 Å². The molecule has 1 aromatic rings. The predicted molar refractivity (Wildman–Crippen MR) is 151 cm³/mol. The Morgan fingerprint density at radius 1 is 0.762 bits per heavy atom. The molecule has 2 aliphatic heterocycles. The Morgan fingerprint density at radius 2 is 1.26 bits per heavy atom. The molecule has 0 aromatic heterocycles. The minimum atomic E-state index is -1.17. The molecule has 0 spiro atoms. The van der Waals surface area contributed by atoms with Crippen LogP contribution < -0.4 is 0 Å². The standard InChI is InChI=1S/C32H31BrN2O7/c33-21-10-8-16(9-11-21)23(36)15-42-32(41)22(35-30(39)26-19-6-7-20(14-19)27(26)31(35)40)3-1-2-12-34-28(37)24-17-4-5-18(13-17)25(24)29(34)38/h4-11,17-20,22,24-27H,1-3,12-15H2. The third-order valence-corrected chi connectivity index (χ3v) is 10.8. The van der Waals surface area contributed by atoms with Gasteiger partial charge in [-0.1, -0.05) is 52.4 Å². The molecule has 6 aliphatic rings. The largest absolute Gasteiger partial charge is 0.456 e. The van der Waals surface area contributed by atoms with Crippen molar-refractivity contribution in [3.8, 4) is 0 Å². The van der Waals surface area contributed by atoms with Crippen molar-refractivity contribution in [2.75, 3.05) is 13.2 Å². The maximum Gasteiger partial charge on any atom is 0.329 e. The number of carbonyl (C=O) groups excluding carboxylic acids is 6. The smallest absolute Gasteiger partial charge is 0.329 e. The number of benzene rings is 1. The molecule has 2 saturated carbocycles. The van der Waals surface area contributed by atoms with E-state index in [2.05, 4.69) is 28.1 Å². The number of hydrogen-bond acceptors (Lipinski definition) is 7. The number of carbonyl (C=O) groups is 6. The number of imide groups is 2. The fourth-order valence-electron chi connectivity index (χ4n) is 8.33. The lowest BCUT2D eigenvalue weighted by Gasteiger charge is -2.26. The number of halogens is 1. The van der Waals surface area contributed by atoms with Gasteiger partial charge in [0.1, 0.15) is 6.04 Å². The first kappa shape index (κ1) is 27.4. The zero-order valence-electron chi connectivity index (χ0n) is 22.9. The van der Waals surface area contributed by atoms with Gasteiger partial charge in [0.25, 0.3) is 0 Å². The van der Waals surface area contributed by atoms with Crippen LogP contribution in [0.4, 0.5) is 0 Å². The summed E-state index contributed by atoms with van der Waals surface area (Å²) in [4.78, 5) is 81.6. The number of esters is 1. The summed E-state index contributed by atoms with van der Waals surface area (Å²) in [5, 5.41) is 0. The maximum atomic E-state index is 13.5. The van der Waals surface area contributed by atoms with Crippen molar-refractivity contribution >= 4 is 51.3 Å². The Hall–Kier alpha value is -3.40. The molecular weight excluding hydrogens is 604 g/mol. The highest BCUT2D eigenvalue weighted by Crippen LogP contribution is 2.54. The third kappa shape index (κ3) is 4.24. The molecule has 0 radical (unpaired) electrons. The van der Waals surface area contributed by atoms with Crippen molar-refractivity contribution in [3.05, 3.63) is 58.6 Å². The topological polar surface area (TPSA) is 118 Å². The first-order valence-corrected chi connectivity index (χ1v) is 15.6. The summed E-state index contributed by atoms with van der Waals surface area (Å²) in [5.74, 6) is -3.34. The molecular formula is C32H31BrN2O7. The molecule has 2 saturated heterocycles. The highest BCUT2D eigenvalue weighted by Gasteiger charge is 2.61. The quantitative estimate of drug-likeness (QED) is 0.127. The van der Waals surface area contributed by atoms with Gasteiger partial charge >= 0.3 is 5.97 Å². The van der Waals surface area contributed by atoms with Crippen LogP contribution in [0.1, 0.15) is 42.5 Å². The Balaban J connectivity index is 1.02. The lowest BCUT2D eigenvalue weighted by molar-refractivity contribution is -0.159. The van der Waals surface area contributed by atoms with Crippen LogP contribution >= 0.6 is 15.9 Å². The summed E-state index contributed by atoms with van der Waals surface area (Å²) in [5.41, 5.74) is 0.376. The molecule has 0 N–H and O–H groups in total. The van der Waals surface area contributed by atoms with E-state index in [9.17, 15) is 28.8 Å². The van der Waals surface area contributed by atoms with Crippen LogP contribution in [0.5, 0.6) is 0 Å². The van der Waals surface area contributed by atoms with E-state index < -0.39 is 36.2 Å². The van der Waals surface area contributed by atoms with Crippen molar-refractivity contribution in [1.29, 1.82) is 0 Å². The van der Waals surface area contributed by atoms with Gasteiger partial charge in [-0.2, -0.15) is 0 Å². The van der Waals surface area contributed by atoms with Gasteiger partial charge in [-0.05, 0) is 67.9 Å². The lowest BCUT2D eigenvalue weighted by Crippen LogP contribution is -2.47. The number of likely N-dealkylation sites (tertiary alicyclic amines) is 2. The number of Topliss-reactive ketones (excluding diaryl/α,β-unsaturated/α-hetero) is 1. The van der Waals surface area contributed by atoms with Crippen LogP contribution in [0.15, 0.2) is 53.0 Å². The second kappa shape index (κ2) is 10.4. The number of allylic oxidation sites excluding steroid dienone is 4. The SMILES string of the molecule is O=C(COC(=O)C(CCCCN1C(=O)C2C3C=CC(C3)C2C1=O)N1C(=O)C2C3C=CC(C3)C2C1=O)c1ccc(Br)cc1. The van der Waals surface area contributed by atoms with Crippen molar-refractivity contribution < 1.29 is 33.5 Å². The van der Waals surface area contributed by atoms with Crippen molar-refractivity contribution in [2.45, 2.75) is 38.1 Å². The lowest BCUT2D eigenvalue weighted by atomic mass is 9.85. The van der Waals surface area contributed by atoms with Crippen LogP contribution in [-0.4, -0.2) is 64.4 Å². The van der Waals surface area contributed by atoms with Gasteiger partial charge in [-0.3, -0.25) is 33.8 Å². The number of ketones is 1. The van der Waals surface area contributed by atoms with Gasteiger partial charge in [0.2, 0.25) is 23.6 Å². The van der Waals surface area contributed by atoms with Crippen molar-refractivity contribution in [1.82, 2.24) is 9.80 Å². The van der Waals surface area contributed by atoms with Gasteiger partial charge in [0.05, 0.1) is 23.7 Å². The van der Waals surface area contributed by atoms with Gasteiger partial charge in [-0.15, -0.1) is 0 Å². The average molecular weight is 636 g/mol. The molecule has 218 valence electrons. The number of unbranched alkanes of at least 4 members (excludes halogenated alkanes) is 1. The zero-order chi connectivity index (χ0) is 29.3. The molecule has 1 aromatic carbocycles. The van der Waals surface area contributed by atoms with Crippen LogP contribution in [0.25, 0.3) is 0 Å².